The van der Waals surface area contributed by atoms with Crippen LogP contribution in [0.25, 0.3) is 0 Å². The molecule has 0 aliphatic carbocycles. The van der Waals surface area contributed by atoms with Crippen molar-refractivity contribution in [2.75, 3.05) is 32.7 Å². The fourth-order valence-corrected chi connectivity index (χ4v) is 3.42. The van der Waals surface area contributed by atoms with Gasteiger partial charge >= 0.3 is 0 Å². The number of nitrogens with one attached hydrogen (secondary N) is 1. The summed E-state index contributed by atoms with van der Waals surface area (Å²) in [7, 11) is 0. The van der Waals surface area contributed by atoms with Crippen LogP contribution in [0.1, 0.15) is 111 Å². The van der Waals surface area contributed by atoms with E-state index in [0.29, 0.717) is 0 Å². The molecule has 0 aliphatic rings. The van der Waals surface area contributed by atoms with Crippen molar-refractivity contribution in [3.63, 3.8) is 0 Å². The first-order valence-electron chi connectivity index (χ1n) is 11.3. The largest absolute Gasteiger partial charge is 0.315 e. The van der Waals surface area contributed by atoms with Gasteiger partial charge in [-0.3, -0.25) is 0 Å². The Kier molecular flexibility index (Phi) is 20.9. The molecule has 0 aliphatic heterocycles. The second kappa shape index (κ2) is 21.0. The molecule has 0 bridgehead atoms. The molecule has 2 heteroatoms. The second-order valence-corrected chi connectivity index (χ2v) is 7.48. The van der Waals surface area contributed by atoms with Gasteiger partial charge < -0.3 is 10.2 Å². The maximum atomic E-state index is 3.63. The molecular weight excluding hydrogens is 292 g/mol. The standard InChI is InChI=1S/C22H48N2/c1-4-7-8-9-10-11-12-13-14-15-16-17-18-23-19-22-24(20-5-2)21-6-3/h23H,4-22H2,1-3H3. The molecule has 0 heterocycles. The average Bonchev–Trinajstić information content (AvgIpc) is 2.58. The zero-order chi connectivity index (χ0) is 17.7. The van der Waals surface area contributed by atoms with E-state index in [1.807, 2.05) is 0 Å². The Labute approximate surface area is 154 Å². The van der Waals surface area contributed by atoms with Gasteiger partial charge in [0, 0.05) is 13.1 Å². The van der Waals surface area contributed by atoms with E-state index in [1.54, 1.807) is 0 Å². The number of unbranched alkanes of at least 4 members (excludes halogenated alkanes) is 11. The number of rotatable bonds is 20. The zero-order valence-corrected chi connectivity index (χ0v) is 17.4. The third kappa shape index (κ3) is 18.3. The molecule has 0 saturated carbocycles. The predicted molar refractivity (Wildman–Crippen MR) is 111 cm³/mol. The predicted octanol–water partition coefficient (Wildman–Crippen LogP) is 6.40. The maximum Gasteiger partial charge on any atom is 0.0107 e. The SMILES string of the molecule is CCCCCCCCCCCCCCNCCN(CCC)CCC. The summed E-state index contributed by atoms with van der Waals surface area (Å²) in [6, 6.07) is 0. The Balaban J connectivity index is 3.14. The van der Waals surface area contributed by atoms with Crippen LogP contribution >= 0.6 is 0 Å². The minimum Gasteiger partial charge on any atom is -0.315 e. The Hall–Kier alpha value is -0.0800. The molecule has 0 aromatic heterocycles. The summed E-state index contributed by atoms with van der Waals surface area (Å²) < 4.78 is 0. The highest BCUT2D eigenvalue weighted by molar-refractivity contribution is 4.59. The van der Waals surface area contributed by atoms with E-state index in [0.717, 1.165) is 6.54 Å². The summed E-state index contributed by atoms with van der Waals surface area (Å²) in [6.07, 6.45) is 19.8. The van der Waals surface area contributed by atoms with Gasteiger partial charge in [-0.25, -0.2) is 0 Å². The van der Waals surface area contributed by atoms with Crippen molar-refractivity contribution in [3.8, 4) is 0 Å². The molecular formula is C22H48N2. The highest BCUT2D eigenvalue weighted by atomic mass is 15.1. The van der Waals surface area contributed by atoms with Gasteiger partial charge in [-0.05, 0) is 38.9 Å². The average molecular weight is 341 g/mol. The van der Waals surface area contributed by atoms with Crippen molar-refractivity contribution in [1.29, 1.82) is 0 Å². The summed E-state index contributed by atoms with van der Waals surface area (Å²) in [4.78, 5) is 2.59. The fourth-order valence-electron chi connectivity index (χ4n) is 3.42. The lowest BCUT2D eigenvalue weighted by atomic mass is 10.1. The highest BCUT2D eigenvalue weighted by Gasteiger charge is 2.01. The molecule has 1 N–H and O–H groups in total. The van der Waals surface area contributed by atoms with Crippen LogP contribution in [0.4, 0.5) is 0 Å². The Morgan fingerprint density at radius 2 is 0.917 bits per heavy atom. The maximum absolute atomic E-state index is 3.63. The van der Waals surface area contributed by atoms with E-state index in [2.05, 4.69) is 31.0 Å². The van der Waals surface area contributed by atoms with Crippen molar-refractivity contribution >= 4 is 0 Å². The van der Waals surface area contributed by atoms with Gasteiger partial charge in [0.1, 0.15) is 0 Å². The Morgan fingerprint density at radius 1 is 0.458 bits per heavy atom. The van der Waals surface area contributed by atoms with Crippen molar-refractivity contribution in [2.45, 2.75) is 111 Å². The van der Waals surface area contributed by atoms with Gasteiger partial charge in [-0.15, -0.1) is 0 Å². The van der Waals surface area contributed by atoms with E-state index in [-0.39, 0.29) is 0 Å². The van der Waals surface area contributed by atoms with Gasteiger partial charge in [0.15, 0.2) is 0 Å². The quantitative estimate of drug-likeness (QED) is 0.258. The van der Waals surface area contributed by atoms with Crippen LogP contribution in [0, 0.1) is 0 Å². The smallest absolute Gasteiger partial charge is 0.0107 e. The summed E-state index contributed by atoms with van der Waals surface area (Å²) in [5, 5.41) is 3.63. The van der Waals surface area contributed by atoms with E-state index < -0.39 is 0 Å². The zero-order valence-electron chi connectivity index (χ0n) is 17.4. The van der Waals surface area contributed by atoms with Crippen LogP contribution in [0.3, 0.4) is 0 Å². The monoisotopic (exact) mass is 340 g/mol. The van der Waals surface area contributed by atoms with E-state index >= 15 is 0 Å². The van der Waals surface area contributed by atoms with Crippen LogP contribution in [0.2, 0.25) is 0 Å². The third-order valence-corrected chi connectivity index (χ3v) is 4.89. The lowest BCUT2D eigenvalue weighted by molar-refractivity contribution is 0.274. The van der Waals surface area contributed by atoms with Crippen LogP contribution in [0.5, 0.6) is 0 Å². The number of nitrogens with zero attached hydrogens (tertiary/aromatic N) is 1. The van der Waals surface area contributed by atoms with Crippen molar-refractivity contribution < 1.29 is 0 Å². The molecule has 0 aromatic carbocycles. The summed E-state index contributed by atoms with van der Waals surface area (Å²) in [5.74, 6) is 0. The van der Waals surface area contributed by atoms with Crippen molar-refractivity contribution in [1.82, 2.24) is 10.2 Å². The summed E-state index contributed by atoms with van der Waals surface area (Å²) in [5.41, 5.74) is 0. The molecule has 146 valence electrons. The Bertz CT molecular complexity index is 212. The van der Waals surface area contributed by atoms with Gasteiger partial charge in [-0.1, -0.05) is 91.4 Å². The van der Waals surface area contributed by atoms with E-state index in [1.165, 1.54) is 116 Å². The van der Waals surface area contributed by atoms with Crippen LogP contribution < -0.4 is 5.32 Å². The van der Waals surface area contributed by atoms with Gasteiger partial charge in [0.25, 0.3) is 0 Å². The normalized spacial score (nSPS) is 11.5. The Morgan fingerprint density at radius 3 is 1.38 bits per heavy atom. The van der Waals surface area contributed by atoms with Crippen molar-refractivity contribution in [3.05, 3.63) is 0 Å². The first-order valence-corrected chi connectivity index (χ1v) is 11.3. The van der Waals surface area contributed by atoms with Gasteiger partial charge in [-0.2, -0.15) is 0 Å². The fraction of sp³-hybridized carbons (Fsp3) is 1.00. The summed E-state index contributed by atoms with van der Waals surface area (Å²) in [6.45, 7) is 13.0. The molecule has 0 saturated heterocycles. The number of hydrogen-bond acceptors (Lipinski definition) is 2. The van der Waals surface area contributed by atoms with Crippen molar-refractivity contribution in [2.24, 2.45) is 0 Å². The molecule has 0 aromatic rings. The molecule has 24 heavy (non-hydrogen) atoms. The molecule has 0 rings (SSSR count). The molecule has 2 nitrogen and oxygen atoms in total. The molecule has 0 unspecified atom stereocenters. The second-order valence-electron chi connectivity index (χ2n) is 7.48. The first-order chi connectivity index (χ1) is 11.8. The van der Waals surface area contributed by atoms with E-state index in [4.69, 9.17) is 0 Å². The molecule has 0 radical (unpaired) electrons. The van der Waals surface area contributed by atoms with Crippen LogP contribution in [0.15, 0.2) is 0 Å². The minimum atomic E-state index is 1.16. The van der Waals surface area contributed by atoms with Crippen LogP contribution in [-0.2, 0) is 0 Å². The van der Waals surface area contributed by atoms with Crippen LogP contribution in [-0.4, -0.2) is 37.6 Å². The topological polar surface area (TPSA) is 15.3 Å². The van der Waals surface area contributed by atoms with E-state index in [9.17, 15) is 0 Å². The number of hydrogen-bond donors (Lipinski definition) is 1. The molecule has 0 spiro atoms. The minimum absolute atomic E-state index is 1.16. The molecule has 0 fully saturated rings. The lowest BCUT2D eigenvalue weighted by Gasteiger charge is -2.20. The van der Waals surface area contributed by atoms with Gasteiger partial charge in [0.2, 0.25) is 0 Å². The molecule has 0 amide bonds. The highest BCUT2D eigenvalue weighted by Crippen LogP contribution is 2.11. The third-order valence-electron chi connectivity index (χ3n) is 4.89. The first kappa shape index (κ1) is 23.9. The summed E-state index contributed by atoms with van der Waals surface area (Å²) >= 11 is 0. The lowest BCUT2D eigenvalue weighted by Crippen LogP contribution is -2.33. The molecule has 0 atom stereocenters. The van der Waals surface area contributed by atoms with Gasteiger partial charge in [0.05, 0.1) is 0 Å².